The third-order valence-corrected chi connectivity index (χ3v) is 4.41. The van der Waals surface area contributed by atoms with Crippen LogP contribution in [0.5, 0.6) is 11.5 Å². The lowest BCUT2D eigenvalue weighted by Crippen LogP contribution is -2.27. The van der Waals surface area contributed by atoms with Crippen molar-refractivity contribution in [2.75, 3.05) is 13.7 Å². The third-order valence-electron chi connectivity index (χ3n) is 3.82. The van der Waals surface area contributed by atoms with E-state index in [0.29, 0.717) is 33.7 Å². The van der Waals surface area contributed by atoms with E-state index in [1.165, 1.54) is 13.2 Å². The molecule has 0 aromatic heterocycles. The Hall–Kier alpha value is -2.80. The van der Waals surface area contributed by atoms with Crippen LogP contribution >= 0.6 is 15.9 Å². The van der Waals surface area contributed by atoms with Gasteiger partial charge in [0.25, 0.3) is 5.91 Å². The monoisotopic (exact) mass is 447 g/mol. The molecule has 0 fully saturated rings. The topological polar surface area (TPSA) is 84.9 Å². The summed E-state index contributed by atoms with van der Waals surface area (Å²) < 4.78 is 11.8. The summed E-state index contributed by atoms with van der Waals surface area (Å²) in [7, 11) is 1.51. The lowest BCUT2D eigenvalue weighted by molar-refractivity contribution is -0.132. The summed E-state index contributed by atoms with van der Waals surface area (Å²) in [4.78, 5) is 23.9. The van der Waals surface area contributed by atoms with Crippen LogP contribution in [0.15, 0.2) is 52.6 Å². The first kappa shape index (κ1) is 21.5. The first-order valence-corrected chi connectivity index (χ1v) is 9.57. The number of carbonyl (C=O) groups is 2. The van der Waals surface area contributed by atoms with Crippen molar-refractivity contribution in [2.45, 2.75) is 19.8 Å². The first-order valence-electron chi connectivity index (χ1n) is 8.78. The number of carboxylic acids is 1. The van der Waals surface area contributed by atoms with E-state index in [9.17, 15) is 14.7 Å². The highest BCUT2D eigenvalue weighted by atomic mass is 79.9. The number of ether oxygens (including phenoxy) is 2. The van der Waals surface area contributed by atoms with E-state index in [2.05, 4.69) is 28.2 Å². The molecule has 0 spiro atoms. The predicted octanol–water partition coefficient (Wildman–Crippen LogP) is 4.49. The van der Waals surface area contributed by atoms with Crippen LogP contribution in [0.25, 0.3) is 6.08 Å². The van der Waals surface area contributed by atoms with Crippen LogP contribution in [0.4, 0.5) is 0 Å². The highest BCUT2D eigenvalue weighted by Crippen LogP contribution is 2.37. The maximum absolute atomic E-state index is 12.3. The van der Waals surface area contributed by atoms with Crippen molar-refractivity contribution in [1.82, 2.24) is 5.32 Å². The Morgan fingerprint density at radius 1 is 1.21 bits per heavy atom. The molecule has 2 aromatic carbocycles. The van der Waals surface area contributed by atoms with Crippen molar-refractivity contribution in [1.29, 1.82) is 0 Å². The molecule has 28 heavy (non-hydrogen) atoms. The van der Waals surface area contributed by atoms with Gasteiger partial charge in [-0.2, -0.15) is 0 Å². The molecule has 2 aromatic rings. The van der Waals surface area contributed by atoms with Gasteiger partial charge in [-0.3, -0.25) is 4.79 Å². The molecule has 148 valence electrons. The Bertz CT molecular complexity index is 865. The molecular weight excluding hydrogens is 426 g/mol. The van der Waals surface area contributed by atoms with Gasteiger partial charge < -0.3 is 19.9 Å². The van der Waals surface area contributed by atoms with Gasteiger partial charge in [0.15, 0.2) is 11.5 Å². The summed E-state index contributed by atoms with van der Waals surface area (Å²) in [5.41, 5.74) is 0.660. The highest BCUT2D eigenvalue weighted by molar-refractivity contribution is 9.10. The third kappa shape index (κ3) is 5.85. The number of benzene rings is 2. The maximum Gasteiger partial charge on any atom is 0.352 e. The van der Waals surface area contributed by atoms with E-state index in [4.69, 9.17) is 9.47 Å². The number of aliphatic carboxylic acids is 1. The second kappa shape index (κ2) is 10.5. The number of halogens is 1. The Labute approximate surface area is 172 Å². The minimum atomic E-state index is -1.25. The molecule has 1 amide bonds. The van der Waals surface area contributed by atoms with E-state index >= 15 is 0 Å². The molecule has 0 bridgehead atoms. The van der Waals surface area contributed by atoms with Crippen molar-refractivity contribution < 1.29 is 24.2 Å². The van der Waals surface area contributed by atoms with E-state index < -0.39 is 11.9 Å². The van der Waals surface area contributed by atoms with Crippen LogP contribution in [0.2, 0.25) is 0 Å². The number of hydrogen-bond acceptors (Lipinski definition) is 4. The molecule has 0 unspecified atom stereocenters. The summed E-state index contributed by atoms with van der Waals surface area (Å²) in [5, 5.41) is 11.9. The number of methoxy groups -OCH3 is 1. The number of nitrogens with one attached hydrogen (secondary N) is 1. The maximum atomic E-state index is 12.3. The molecule has 2 N–H and O–H groups in total. The molecule has 0 heterocycles. The smallest absolute Gasteiger partial charge is 0.352 e. The summed E-state index contributed by atoms with van der Waals surface area (Å²) in [6.07, 6.45) is 3.28. The summed E-state index contributed by atoms with van der Waals surface area (Å²) >= 11 is 3.44. The molecule has 0 saturated heterocycles. The van der Waals surface area contributed by atoms with E-state index in [0.717, 1.165) is 12.8 Å². The minimum absolute atomic E-state index is 0.248. The number of rotatable bonds is 9. The van der Waals surface area contributed by atoms with Gasteiger partial charge in [-0.05, 0) is 58.3 Å². The normalized spacial score (nSPS) is 11.0. The van der Waals surface area contributed by atoms with Crippen molar-refractivity contribution >= 4 is 33.9 Å². The van der Waals surface area contributed by atoms with E-state index in [1.54, 1.807) is 42.5 Å². The second-order valence-corrected chi connectivity index (χ2v) is 6.77. The molecule has 0 saturated carbocycles. The quantitative estimate of drug-likeness (QED) is 0.436. The molecule has 0 aliphatic carbocycles. The van der Waals surface area contributed by atoms with Crippen molar-refractivity contribution in [2.24, 2.45) is 0 Å². The fourth-order valence-electron chi connectivity index (χ4n) is 2.38. The van der Waals surface area contributed by atoms with Gasteiger partial charge in [0.1, 0.15) is 5.70 Å². The lowest BCUT2D eigenvalue weighted by Gasteiger charge is -2.14. The SMILES string of the molecule is CCCCOc1c(Br)cc(/C=C(/NC(=O)c2ccccc2)C(=O)O)cc1OC. The Morgan fingerprint density at radius 3 is 2.54 bits per heavy atom. The van der Waals surface area contributed by atoms with Crippen LogP contribution in [0.3, 0.4) is 0 Å². The average Bonchev–Trinajstić information content (AvgIpc) is 2.69. The Kier molecular flexibility index (Phi) is 8.07. The molecule has 0 atom stereocenters. The second-order valence-electron chi connectivity index (χ2n) is 5.92. The van der Waals surface area contributed by atoms with E-state index in [-0.39, 0.29) is 5.70 Å². The largest absolute Gasteiger partial charge is 0.493 e. The van der Waals surface area contributed by atoms with Gasteiger partial charge in [-0.15, -0.1) is 0 Å². The highest BCUT2D eigenvalue weighted by Gasteiger charge is 2.15. The first-order chi connectivity index (χ1) is 13.5. The van der Waals surface area contributed by atoms with Crippen LogP contribution in [-0.4, -0.2) is 30.7 Å². The van der Waals surface area contributed by atoms with Crippen LogP contribution in [0.1, 0.15) is 35.7 Å². The predicted molar refractivity (Wildman–Crippen MR) is 111 cm³/mol. The van der Waals surface area contributed by atoms with Crippen molar-refractivity contribution in [3.63, 3.8) is 0 Å². The summed E-state index contributed by atoms with van der Waals surface area (Å²) in [6.45, 7) is 2.62. The zero-order valence-corrected chi connectivity index (χ0v) is 17.3. The van der Waals surface area contributed by atoms with Crippen molar-refractivity contribution in [3.8, 4) is 11.5 Å². The average molecular weight is 448 g/mol. The molecule has 2 rings (SSSR count). The van der Waals surface area contributed by atoms with Crippen LogP contribution < -0.4 is 14.8 Å². The van der Waals surface area contributed by atoms with Gasteiger partial charge in [0.05, 0.1) is 18.2 Å². The van der Waals surface area contributed by atoms with E-state index in [1.807, 2.05) is 0 Å². The van der Waals surface area contributed by atoms with Gasteiger partial charge in [0, 0.05) is 5.56 Å². The molecule has 6 nitrogen and oxygen atoms in total. The van der Waals surface area contributed by atoms with Crippen molar-refractivity contribution in [3.05, 3.63) is 63.8 Å². The fraction of sp³-hybridized carbons (Fsp3) is 0.238. The van der Waals surface area contributed by atoms with Gasteiger partial charge in [0.2, 0.25) is 0 Å². The number of unbranched alkanes of at least 4 members (excludes halogenated alkanes) is 1. The Morgan fingerprint density at radius 2 is 1.93 bits per heavy atom. The fourth-order valence-corrected chi connectivity index (χ4v) is 2.96. The molecule has 0 radical (unpaired) electrons. The van der Waals surface area contributed by atoms with Crippen LogP contribution in [0, 0.1) is 0 Å². The molecule has 0 aliphatic heterocycles. The number of carbonyl (C=O) groups excluding carboxylic acids is 1. The molecule has 0 aliphatic rings. The van der Waals surface area contributed by atoms with Gasteiger partial charge >= 0.3 is 5.97 Å². The zero-order chi connectivity index (χ0) is 20.5. The summed E-state index contributed by atoms with van der Waals surface area (Å²) in [5.74, 6) is -0.725. The van der Waals surface area contributed by atoms with Gasteiger partial charge in [-0.1, -0.05) is 31.5 Å². The number of amides is 1. The standard InChI is InChI=1S/C21H22BrNO5/c1-3-4-10-28-19-16(22)11-14(13-18(19)27-2)12-17(21(25)26)23-20(24)15-8-6-5-7-9-15/h5-9,11-13H,3-4,10H2,1-2H3,(H,23,24)(H,25,26)/b17-12+. The Balaban J connectivity index is 2.29. The summed E-state index contributed by atoms with van der Waals surface area (Å²) in [6, 6.07) is 11.8. The molecule has 7 heteroatoms. The lowest BCUT2D eigenvalue weighted by atomic mass is 10.1. The number of hydrogen-bond donors (Lipinski definition) is 2. The number of carboxylic acid groups (broad SMARTS) is 1. The zero-order valence-electron chi connectivity index (χ0n) is 15.7. The van der Waals surface area contributed by atoms with Crippen LogP contribution in [-0.2, 0) is 4.79 Å². The molecular formula is C21H22BrNO5. The minimum Gasteiger partial charge on any atom is -0.493 e. The van der Waals surface area contributed by atoms with Gasteiger partial charge in [-0.25, -0.2) is 4.79 Å².